The van der Waals surface area contributed by atoms with E-state index in [4.69, 9.17) is 11.0 Å². The van der Waals surface area contributed by atoms with Crippen LogP contribution < -0.4 is 11.1 Å². The lowest BCUT2D eigenvalue weighted by atomic mass is 10.1. The van der Waals surface area contributed by atoms with Gasteiger partial charge in [0.05, 0.1) is 12.0 Å². The van der Waals surface area contributed by atoms with E-state index < -0.39 is 0 Å². The third-order valence-corrected chi connectivity index (χ3v) is 2.47. The van der Waals surface area contributed by atoms with Crippen LogP contribution in [0.15, 0.2) is 12.2 Å². The van der Waals surface area contributed by atoms with Gasteiger partial charge in [-0.25, -0.2) is 0 Å². The van der Waals surface area contributed by atoms with Crippen LogP contribution in [0.25, 0.3) is 0 Å². The van der Waals surface area contributed by atoms with E-state index in [0.29, 0.717) is 19.4 Å². The zero-order chi connectivity index (χ0) is 11.1. The Labute approximate surface area is 90.1 Å². The fourth-order valence-corrected chi connectivity index (χ4v) is 1.59. The Bertz CT molecular complexity index is 280. The van der Waals surface area contributed by atoms with E-state index in [1.165, 1.54) is 0 Å². The van der Waals surface area contributed by atoms with Gasteiger partial charge in [-0.2, -0.15) is 5.26 Å². The maximum atomic E-state index is 11.5. The fourth-order valence-electron chi connectivity index (χ4n) is 1.59. The predicted molar refractivity (Wildman–Crippen MR) is 57.7 cm³/mol. The van der Waals surface area contributed by atoms with Gasteiger partial charge in [0, 0.05) is 19.0 Å². The molecule has 0 saturated heterocycles. The first kappa shape index (κ1) is 11.7. The molecule has 0 fully saturated rings. The summed E-state index contributed by atoms with van der Waals surface area (Å²) in [4.78, 5) is 11.5. The van der Waals surface area contributed by atoms with Crippen molar-refractivity contribution in [2.24, 2.45) is 11.7 Å². The summed E-state index contributed by atoms with van der Waals surface area (Å²) in [5.41, 5.74) is 5.65. The first-order chi connectivity index (χ1) is 7.24. The highest BCUT2D eigenvalue weighted by Crippen LogP contribution is 2.16. The molecule has 1 rings (SSSR count). The van der Waals surface area contributed by atoms with Gasteiger partial charge in [-0.1, -0.05) is 12.2 Å². The quantitative estimate of drug-likeness (QED) is 0.514. The number of carbonyl (C=O) groups excluding carboxylic acids is 1. The summed E-state index contributed by atoms with van der Waals surface area (Å²) >= 11 is 0. The highest BCUT2D eigenvalue weighted by Gasteiger charge is 2.21. The second kappa shape index (κ2) is 6.20. The molecule has 0 heterocycles. The zero-order valence-corrected chi connectivity index (χ0v) is 8.78. The molecule has 0 aromatic rings. The topological polar surface area (TPSA) is 78.9 Å². The first-order valence-corrected chi connectivity index (χ1v) is 5.32. The van der Waals surface area contributed by atoms with Crippen molar-refractivity contribution in [3.05, 3.63) is 12.2 Å². The monoisotopic (exact) mass is 207 g/mol. The maximum Gasteiger partial charge on any atom is 0.226 e. The van der Waals surface area contributed by atoms with Crippen LogP contribution in [0.3, 0.4) is 0 Å². The Kier molecular flexibility index (Phi) is 4.85. The fraction of sp³-hybridized carbons (Fsp3) is 0.636. The van der Waals surface area contributed by atoms with Crippen LogP contribution in [0.5, 0.6) is 0 Å². The average Bonchev–Trinajstić information content (AvgIpc) is 2.64. The molecule has 0 aromatic heterocycles. The first-order valence-electron chi connectivity index (χ1n) is 5.32. The number of amides is 1. The Balaban J connectivity index is 2.09. The SMILES string of the molecule is N#CCCCCNC(=O)C1C=CC(N)C1. The average molecular weight is 207 g/mol. The van der Waals surface area contributed by atoms with Crippen molar-refractivity contribution in [1.29, 1.82) is 5.26 Å². The van der Waals surface area contributed by atoms with Crippen molar-refractivity contribution >= 4 is 5.91 Å². The van der Waals surface area contributed by atoms with E-state index in [1.54, 1.807) is 0 Å². The van der Waals surface area contributed by atoms with E-state index in [0.717, 1.165) is 12.8 Å². The third-order valence-electron chi connectivity index (χ3n) is 2.47. The molecule has 82 valence electrons. The Hall–Kier alpha value is -1.34. The van der Waals surface area contributed by atoms with Crippen molar-refractivity contribution < 1.29 is 4.79 Å². The van der Waals surface area contributed by atoms with Gasteiger partial charge in [-0.3, -0.25) is 4.79 Å². The number of nitrogens with zero attached hydrogens (tertiary/aromatic N) is 1. The molecule has 4 nitrogen and oxygen atoms in total. The molecule has 1 amide bonds. The maximum absolute atomic E-state index is 11.5. The van der Waals surface area contributed by atoms with Crippen LogP contribution in [0.1, 0.15) is 25.7 Å². The lowest BCUT2D eigenvalue weighted by molar-refractivity contribution is -0.123. The molecule has 0 radical (unpaired) electrons. The summed E-state index contributed by atoms with van der Waals surface area (Å²) < 4.78 is 0. The third kappa shape index (κ3) is 4.13. The van der Waals surface area contributed by atoms with Crippen LogP contribution in [-0.2, 0) is 4.79 Å². The molecule has 0 spiro atoms. The summed E-state index contributed by atoms with van der Waals surface area (Å²) in [5, 5.41) is 11.2. The van der Waals surface area contributed by atoms with Gasteiger partial charge in [-0.05, 0) is 19.3 Å². The number of carbonyl (C=O) groups is 1. The van der Waals surface area contributed by atoms with Gasteiger partial charge in [0.2, 0.25) is 5.91 Å². The largest absolute Gasteiger partial charge is 0.356 e. The van der Waals surface area contributed by atoms with Crippen molar-refractivity contribution in [1.82, 2.24) is 5.32 Å². The van der Waals surface area contributed by atoms with Gasteiger partial charge < -0.3 is 11.1 Å². The molecular formula is C11H17N3O. The van der Waals surface area contributed by atoms with E-state index in [1.807, 2.05) is 12.2 Å². The van der Waals surface area contributed by atoms with Gasteiger partial charge in [-0.15, -0.1) is 0 Å². The predicted octanol–water partition coefficient (Wildman–Crippen LogP) is 0.700. The summed E-state index contributed by atoms with van der Waals surface area (Å²) in [7, 11) is 0. The molecule has 0 saturated carbocycles. The summed E-state index contributed by atoms with van der Waals surface area (Å²) in [6, 6.07) is 2.10. The van der Waals surface area contributed by atoms with Gasteiger partial charge >= 0.3 is 0 Å². The lowest BCUT2D eigenvalue weighted by Crippen LogP contribution is -2.31. The number of nitriles is 1. The van der Waals surface area contributed by atoms with Gasteiger partial charge in [0.25, 0.3) is 0 Å². The number of hydrogen-bond donors (Lipinski definition) is 2. The number of unbranched alkanes of at least 4 members (excludes halogenated alkanes) is 2. The number of nitrogens with two attached hydrogens (primary N) is 1. The molecule has 0 bridgehead atoms. The van der Waals surface area contributed by atoms with E-state index >= 15 is 0 Å². The van der Waals surface area contributed by atoms with E-state index in [2.05, 4.69) is 11.4 Å². The summed E-state index contributed by atoms with van der Waals surface area (Å²) in [6.07, 6.45) is 6.72. The van der Waals surface area contributed by atoms with Crippen molar-refractivity contribution in [2.45, 2.75) is 31.7 Å². The smallest absolute Gasteiger partial charge is 0.226 e. The Morgan fingerprint density at radius 2 is 2.33 bits per heavy atom. The highest BCUT2D eigenvalue weighted by molar-refractivity contribution is 5.81. The minimum absolute atomic E-state index is 0.0272. The number of nitrogens with one attached hydrogen (secondary N) is 1. The molecule has 1 aliphatic carbocycles. The minimum Gasteiger partial charge on any atom is -0.356 e. The standard InChI is InChI=1S/C11H17N3O/c12-6-2-1-3-7-14-11(15)9-4-5-10(13)8-9/h4-5,9-10H,1-3,7-8,13H2,(H,14,15). The Morgan fingerprint density at radius 3 is 2.93 bits per heavy atom. The molecule has 15 heavy (non-hydrogen) atoms. The molecule has 0 aliphatic heterocycles. The summed E-state index contributed by atoms with van der Waals surface area (Å²) in [5.74, 6) is -0.00729. The van der Waals surface area contributed by atoms with Gasteiger partial charge in [0.1, 0.15) is 0 Å². The van der Waals surface area contributed by atoms with Crippen molar-refractivity contribution in [3.8, 4) is 6.07 Å². The van der Waals surface area contributed by atoms with Crippen LogP contribution >= 0.6 is 0 Å². The Morgan fingerprint density at radius 1 is 1.53 bits per heavy atom. The molecule has 1 aliphatic rings. The van der Waals surface area contributed by atoms with Crippen molar-refractivity contribution in [2.75, 3.05) is 6.54 Å². The van der Waals surface area contributed by atoms with Crippen LogP contribution in [0, 0.1) is 17.2 Å². The molecule has 3 N–H and O–H groups in total. The molecule has 2 atom stereocenters. The van der Waals surface area contributed by atoms with Crippen LogP contribution in [0.4, 0.5) is 0 Å². The van der Waals surface area contributed by atoms with Crippen LogP contribution in [-0.4, -0.2) is 18.5 Å². The molecule has 0 aromatic carbocycles. The van der Waals surface area contributed by atoms with Crippen LogP contribution in [0.2, 0.25) is 0 Å². The minimum atomic E-state index is -0.0593. The second-order valence-corrected chi connectivity index (χ2v) is 3.80. The second-order valence-electron chi connectivity index (χ2n) is 3.80. The summed E-state index contributed by atoms with van der Waals surface area (Å²) in [6.45, 7) is 0.653. The molecule has 2 unspecified atom stereocenters. The highest BCUT2D eigenvalue weighted by atomic mass is 16.1. The van der Waals surface area contributed by atoms with Gasteiger partial charge in [0.15, 0.2) is 0 Å². The van der Waals surface area contributed by atoms with E-state index in [9.17, 15) is 4.79 Å². The lowest BCUT2D eigenvalue weighted by Gasteiger charge is -2.09. The van der Waals surface area contributed by atoms with E-state index in [-0.39, 0.29) is 17.9 Å². The number of rotatable bonds is 5. The number of hydrogen-bond acceptors (Lipinski definition) is 3. The molecule has 4 heteroatoms. The molecular weight excluding hydrogens is 190 g/mol. The zero-order valence-electron chi connectivity index (χ0n) is 8.78. The van der Waals surface area contributed by atoms with Crippen molar-refractivity contribution in [3.63, 3.8) is 0 Å². The normalized spacial score (nSPS) is 23.7.